The van der Waals surface area contributed by atoms with Gasteiger partial charge in [0.05, 0.1) is 26.7 Å². The van der Waals surface area contributed by atoms with Gasteiger partial charge in [0.2, 0.25) is 5.91 Å². The summed E-state index contributed by atoms with van der Waals surface area (Å²) in [5, 5.41) is 9.22. The second-order valence-corrected chi connectivity index (χ2v) is 10.1. The molecule has 2 amide bonds. The van der Waals surface area contributed by atoms with E-state index in [9.17, 15) is 19.2 Å². The molecule has 0 aliphatic rings. The van der Waals surface area contributed by atoms with Crippen LogP contribution in [0.3, 0.4) is 0 Å². The Kier molecular flexibility index (Phi) is 14.4. The molecule has 0 aromatic heterocycles. The monoisotopic (exact) mass is 536 g/mol. The Labute approximate surface area is 225 Å². The molecule has 214 valence electrons. The number of benzene rings is 1. The predicted molar refractivity (Wildman–Crippen MR) is 143 cm³/mol. The zero-order valence-electron chi connectivity index (χ0n) is 23.4. The first kappa shape index (κ1) is 32.8. The molecule has 0 heterocycles. The highest BCUT2D eigenvalue weighted by atomic mass is 16.6. The van der Waals surface area contributed by atoms with Crippen LogP contribution in [0.1, 0.15) is 58.9 Å². The van der Waals surface area contributed by atoms with Gasteiger partial charge in [0.1, 0.15) is 11.6 Å². The molecular formula is C27H44N4O7. The molecule has 0 aliphatic carbocycles. The minimum atomic E-state index is -1.05. The van der Waals surface area contributed by atoms with Crippen LogP contribution in [-0.2, 0) is 35.0 Å². The highest BCUT2D eigenvalue weighted by Gasteiger charge is 2.32. The number of esters is 2. The Bertz CT molecular complexity index is 889. The van der Waals surface area contributed by atoms with Gasteiger partial charge in [-0.1, -0.05) is 50.1 Å². The van der Waals surface area contributed by atoms with E-state index in [1.54, 1.807) is 20.8 Å². The van der Waals surface area contributed by atoms with Gasteiger partial charge in [-0.15, -0.1) is 0 Å². The van der Waals surface area contributed by atoms with E-state index in [1.165, 1.54) is 14.2 Å². The van der Waals surface area contributed by atoms with Crippen LogP contribution in [0.5, 0.6) is 0 Å². The number of ether oxygens (including phenoxy) is 3. The smallest absolute Gasteiger partial charge is 0.407 e. The summed E-state index contributed by atoms with van der Waals surface area (Å²) in [6, 6.07) is 6.51. The van der Waals surface area contributed by atoms with Crippen molar-refractivity contribution in [2.24, 2.45) is 5.73 Å². The summed E-state index contributed by atoms with van der Waals surface area (Å²) in [7, 11) is 2.45. The Hall–Kier alpha value is -3.18. The highest BCUT2D eigenvalue weighted by Crippen LogP contribution is 2.12. The average molecular weight is 537 g/mol. The average Bonchev–Trinajstić information content (AvgIpc) is 2.86. The van der Waals surface area contributed by atoms with Gasteiger partial charge in [0, 0.05) is 18.6 Å². The van der Waals surface area contributed by atoms with E-state index in [2.05, 4.69) is 16.0 Å². The first-order valence-corrected chi connectivity index (χ1v) is 12.9. The van der Waals surface area contributed by atoms with Crippen molar-refractivity contribution in [3.63, 3.8) is 0 Å². The third kappa shape index (κ3) is 12.9. The van der Waals surface area contributed by atoms with Crippen LogP contribution in [0.4, 0.5) is 4.79 Å². The number of primary amides is 1. The van der Waals surface area contributed by atoms with E-state index in [0.29, 0.717) is 12.8 Å². The van der Waals surface area contributed by atoms with Crippen molar-refractivity contribution in [1.82, 2.24) is 16.0 Å². The topological polar surface area (TPSA) is 158 Å². The summed E-state index contributed by atoms with van der Waals surface area (Å²) in [4.78, 5) is 49.5. The quantitative estimate of drug-likeness (QED) is 0.183. The van der Waals surface area contributed by atoms with Crippen LogP contribution in [0, 0.1) is 0 Å². The van der Waals surface area contributed by atoms with E-state index in [1.807, 2.05) is 37.3 Å². The van der Waals surface area contributed by atoms with Crippen LogP contribution in [0.2, 0.25) is 0 Å². The van der Waals surface area contributed by atoms with Crippen molar-refractivity contribution in [2.75, 3.05) is 20.8 Å². The molecule has 1 rings (SSSR count). The summed E-state index contributed by atoms with van der Waals surface area (Å²) >= 11 is 0. The van der Waals surface area contributed by atoms with Gasteiger partial charge in [-0.2, -0.15) is 0 Å². The van der Waals surface area contributed by atoms with Crippen molar-refractivity contribution < 1.29 is 33.4 Å². The number of hydrogen-bond acceptors (Lipinski definition) is 9. The fourth-order valence-electron chi connectivity index (χ4n) is 3.83. The Morgan fingerprint density at radius 1 is 0.974 bits per heavy atom. The Morgan fingerprint density at radius 2 is 1.63 bits per heavy atom. The fraction of sp³-hybridized carbons (Fsp3) is 0.630. The summed E-state index contributed by atoms with van der Waals surface area (Å²) < 4.78 is 15.1. The maximum absolute atomic E-state index is 12.7. The van der Waals surface area contributed by atoms with Gasteiger partial charge in [0.15, 0.2) is 0 Å². The summed E-state index contributed by atoms with van der Waals surface area (Å²) in [5.41, 5.74) is 5.89. The van der Waals surface area contributed by atoms with Gasteiger partial charge in [0.25, 0.3) is 0 Å². The predicted octanol–water partition coefficient (Wildman–Crippen LogP) is 1.82. The van der Waals surface area contributed by atoms with Crippen molar-refractivity contribution in [2.45, 2.75) is 89.6 Å². The van der Waals surface area contributed by atoms with Crippen molar-refractivity contribution >= 4 is 23.9 Å². The zero-order chi connectivity index (χ0) is 28.7. The third-order valence-corrected chi connectivity index (χ3v) is 5.77. The standard InChI is InChI=1S/C27H44N4O7/c1-7-8-14-19(31-26(35)38-27(2,3)4)22(30-21(25(34)37-6)16-23(32)36-5)17-29-20(24(28)33)15-18-12-10-9-11-13-18/h9-13,19-22,29-30H,7-8,14-17H2,1-6H3,(H2,28,33)(H,31,35)/t19-,20-,21-,22+/m0/s1. The lowest BCUT2D eigenvalue weighted by Gasteiger charge is -2.33. The van der Waals surface area contributed by atoms with Gasteiger partial charge in [-0.25, -0.2) is 4.79 Å². The minimum absolute atomic E-state index is 0.138. The number of unbranched alkanes of at least 4 members (excludes halogenated alkanes) is 1. The van der Waals surface area contributed by atoms with Crippen LogP contribution >= 0.6 is 0 Å². The second kappa shape index (κ2) is 16.6. The van der Waals surface area contributed by atoms with E-state index in [0.717, 1.165) is 18.4 Å². The maximum Gasteiger partial charge on any atom is 0.407 e. The molecule has 0 fully saturated rings. The van der Waals surface area contributed by atoms with E-state index >= 15 is 0 Å². The Balaban J connectivity index is 3.25. The number of alkyl carbamates (subject to hydrolysis) is 1. The largest absolute Gasteiger partial charge is 0.469 e. The SMILES string of the molecule is CCCC[C@H](NC(=O)OC(C)(C)C)[C@@H](CN[C@@H](Cc1ccccc1)C(N)=O)N[C@@H](CC(=O)OC)C(=O)OC. The molecule has 0 spiro atoms. The molecule has 0 unspecified atom stereocenters. The van der Waals surface area contributed by atoms with Crippen LogP contribution in [-0.4, -0.2) is 74.5 Å². The number of nitrogens with one attached hydrogen (secondary N) is 3. The number of carbonyl (C=O) groups is 4. The normalized spacial score (nSPS) is 14.5. The molecular weight excluding hydrogens is 492 g/mol. The molecule has 38 heavy (non-hydrogen) atoms. The Morgan fingerprint density at radius 3 is 2.16 bits per heavy atom. The summed E-state index contributed by atoms with van der Waals surface area (Å²) in [6.07, 6.45) is 1.61. The maximum atomic E-state index is 12.7. The molecule has 0 radical (unpaired) electrons. The molecule has 5 N–H and O–H groups in total. The van der Waals surface area contributed by atoms with Crippen molar-refractivity contribution in [3.05, 3.63) is 35.9 Å². The lowest BCUT2D eigenvalue weighted by molar-refractivity contribution is -0.149. The minimum Gasteiger partial charge on any atom is -0.469 e. The fourth-order valence-corrected chi connectivity index (χ4v) is 3.83. The van der Waals surface area contributed by atoms with Gasteiger partial charge >= 0.3 is 18.0 Å². The number of methoxy groups -OCH3 is 2. The van der Waals surface area contributed by atoms with E-state index in [4.69, 9.17) is 19.9 Å². The summed E-state index contributed by atoms with van der Waals surface area (Å²) in [5.74, 6) is -1.82. The third-order valence-electron chi connectivity index (χ3n) is 5.77. The molecule has 11 nitrogen and oxygen atoms in total. The van der Waals surface area contributed by atoms with E-state index < -0.39 is 53.7 Å². The zero-order valence-corrected chi connectivity index (χ0v) is 23.4. The number of nitrogens with two attached hydrogens (primary N) is 1. The lowest BCUT2D eigenvalue weighted by Crippen LogP contribution is -2.60. The first-order chi connectivity index (χ1) is 17.9. The van der Waals surface area contributed by atoms with Crippen molar-refractivity contribution in [3.8, 4) is 0 Å². The van der Waals surface area contributed by atoms with Gasteiger partial charge in [-0.3, -0.25) is 19.7 Å². The molecule has 0 bridgehead atoms. The number of hydrogen-bond donors (Lipinski definition) is 4. The highest BCUT2D eigenvalue weighted by molar-refractivity contribution is 5.82. The number of carbonyl (C=O) groups excluding carboxylic acids is 4. The molecule has 0 saturated heterocycles. The van der Waals surface area contributed by atoms with Crippen LogP contribution in [0.15, 0.2) is 30.3 Å². The number of amides is 2. The molecule has 0 saturated carbocycles. The molecule has 1 aromatic rings. The summed E-state index contributed by atoms with van der Waals surface area (Å²) in [6.45, 7) is 7.43. The molecule has 0 aliphatic heterocycles. The lowest BCUT2D eigenvalue weighted by atomic mass is 9.98. The van der Waals surface area contributed by atoms with E-state index in [-0.39, 0.29) is 13.0 Å². The van der Waals surface area contributed by atoms with Crippen LogP contribution < -0.4 is 21.7 Å². The molecule has 1 aromatic carbocycles. The van der Waals surface area contributed by atoms with Crippen molar-refractivity contribution in [1.29, 1.82) is 0 Å². The van der Waals surface area contributed by atoms with Crippen LogP contribution in [0.25, 0.3) is 0 Å². The molecule has 4 atom stereocenters. The first-order valence-electron chi connectivity index (χ1n) is 12.9. The van der Waals surface area contributed by atoms with Gasteiger partial charge in [-0.05, 0) is 39.2 Å². The second-order valence-electron chi connectivity index (χ2n) is 10.1. The van der Waals surface area contributed by atoms with Gasteiger partial charge < -0.3 is 30.6 Å². The molecule has 11 heteroatoms. The number of rotatable bonds is 16.